The number of hydrogen-bond acceptors (Lipinski definition) is 3. The lowest BCUT2D eigenvalue weighted by Gasteiger charge is -2.33. The molecule has 0 spiro atoms. The quantitative estimate of drug-likeness (QED) is 0.827. The summed E-state index contributed by atoms with van der Waals surface area (Å²) in [6.45, 7) is 3.08. The molecule has 2 fully saturated rings. The molecule has 1 N–H and O–H groups in total. The number of nitrogens with one attached hydrogen (secondary N) is 1. The number of rotatable bonds is 5. The van der Waals surface area contributed by atoms with E-state index in [2.05, 4.69) is 5.32 Å². The van der Waals surface area contributed by atoms with Gasteiger partial charge in [-0.2, -0.15) is 0 Å². The summed E-state index contributed by atoms with van der Waals surface area (Å²) in [5.41, 5.74) is 0.704. The van der Waals surface area contributed by atoms with E-state index in [1.807, 2.05) is 30.1 Å². The molecular weight excluding hydrogens is 373 g/mol. The van der Waals surface area contributed by atoms with Crippen LogP contribution in [0, 0.1) is 11.8 Å². The molecular formula is C19H27Cl2N3O2. The molecule has 1 atom stereocenters. The van der Waals surface area contributed by atoms with Crippen LogP contribution in [0.5, 0.6) is 0 Å². The maximum atomic E-state index is 12.8. The first-order chi connectivity index (χ1) is 12.1. The molecule has 0 saturated carbocycles. The van der Waals surface area contributed by atoms with Crippen molar-refractivity contribution < 1.29 is 9.59 Å². The number of anilines is 1. The number of hydrogen-bond donors (Lipinski definition) is 1. The Morgan fingerprint density at radius 2 is 1.96 bits per heavy atom. The molecule has 144 valence electrons. The number of piperidine rings is 1. The lowest BCUT2D eigenvalue weighted by Crippen LogP contribution is -2.42. The molecule has 3 rings (SSSR count). The summed E-state index contributed by atoms with van der Waals surface area (Å²) in [6.07, 6.45) is 3.56. The van der Waals surface area contributed by atoms with Crippen LogP contribution in [0.4, 0.5) is 5.69 Å². The summed E-state index contributed by atoms with van der Waals surface area (Å²) >= 11 is 6.21. The van der Waals surface area contributed by atoms with Crippen molar-refractivity contribution in [3.63, 3.8) is 0 Å². The fourth-order valence-electron chi connectivity index (χ4n) is 3.83. The molecule has 0 aromatic heterocycles. The highest BCUT2D eigenvalue weighted by atomic mass is 35.5. The molecule has 2 heterocycles. The number of benzene rings is 1. The number of carbonyl (C=O) groups is 2. The third kappa shape index (κ3) is 4.70. The maximum Gasteiger partial charge on any atom is 0.228 e. The van der Waals surface area contributed by atoms with Gasteiger partial charge in [0.05, 0.1) is 16.6 Å². The standard InChI is InChI=1S/C19H26ClN3O2.ClH/c1-21-9-6-14-7-10-22(11-8-14)19(25)15-12-18(24)23(13-15)17-5-3-2-4-16(17)20;/h2-5,14-15,21H,6-13H2,1H3;1H. The van der Waals surface area contributed by atoms with E-state index in [1.165, 1.54) is 6.42 Å². The molecule has 2 saturated heterocycles. The summed E-state index contributed by atoms with van der Waals surface area (Å²) in [5.74, 6) is 0.546. The predicted molar refractivity (Wildman–Crippen MR) is 107 cm³/mol. The van der Waals surface area contributed by atoms with E-state index in [0.29, 0.717) is 23.2 Å². The van der Waals surface area contributed by atoms with E-state index in [4.69, 9.17) is 11.6 Å². The van der Waals surface area contributed by atoms with Crippen molar-refractivity contribution in [2.24, 2.45) is 11.8 Å². The fraction of sp³-hybridized carbons (Fsp3) is 0.579. The van der Waals surface area contributed by atoms with Crippen LogP contribution in [-0.4, -0.2) is 49.9 Å². The van der Waals surface area contributed by atoms with Crippen LogP contribution in [0.1, 0.15) is 25.7 Å². The largest absolute Gasteiger partial charge is 0.342 e. The number of halogens is 2. The highest BCUT2D eigenvalue weighted by molar-refractivity contribution is 6.33. The summed E-state index contributed by atoms with van der Waals surface area (Å²) in [7, 11) is 1.97. The highest BCUT2D eigenvalue weighted by Crippen LogP contribution is 2.32. The van der Waals surface area contributed by atoms with E-state index >= 15 is 0 Å². The molecule has 0 radical (unpaired) electrons. The van der Waals surface area contributed by atoms with Gasteiger partial charge in [0.2, 0.25) is 11.8 Å². The molecule has 0 aliphatic carbocycles. The molecule has 2 aliphatic heterocycles. The summed E-state index contributed by atoms with van der Waals surface area (Å²) in [5, 5.41) is 3.74. The minimum Gasteiger partial charge on any atom is -0.342 e. The first-order valence-electron chi connectivity index (χ1n) is 9.08. The van der Waals surface area contributed by atoms with Crippen molar-refractivity contribution in [2.75, 3.05) is 38.1 Å². The topological polar surface area (TPSA) is 52.7 Å². The van der Waals surface area contributed by atoms with Gasteiger partial charge in [-0.3, -0.25) is 9.59 Å². The molecule has 0 bridgehead atoms. The van der Waals surface area contributed by atoms with Crippen molar-refractivity contribution in [3.05, 3.63) is 29.3 Å². The zero-order valence-electron chi connectivity index (χ0n) is 15.1. The fourth-order valence-corrected chi connectivity index (χ4v) is 4.06. The Balaban J connectivity index is 0.00000243. The third-order valence-corrected chi connectivity index (χ3v) is 5.67. The molecule has 26 heavy (non-hydrogen) atoms. The minimum atomic E-state index is -0.252. The van der Waals surface area contributed by atoms with Crippen LogP contribution in [0.25, 0.3) is 0 Å². The number of para-hydroxylation sites is 1. The van der Waals surface area contributed by atoms with Gasteiger partial charge in [-0.25, -0.2) is 0 Å². The van der Waals surface area contributed by atoms with Crippen molar-refractivity contribution in [1.29, 1.82) is 0 Å². The Morgan fingerprint density at radius 1 is 1.27 bits per heavy atom. The second-order valence-electron chi connectivity index (χ2n) is 7.02. The van der Waals surface area contributed by atoms with E-state index < -0.39 is 0 Å². The normalized spacial score (nSPS) is 21.0. The van der Waals surface area contributed by atoms with Gasteiger partial charge in [-0.1, -0.05) is 23.7 Å². The SMILES string of the molecule is CNCCC1CCN(C(=O)C2CC(=O)N(c3ccccc3Cl)C2)CC1.Cl. The van der Waals surface area contributed by atoms with Crippen LogP contribution >= 0.6 is 24.0 Å². The minimum absolute atomic E-state index is 0. The van der Waals surface area contributed by atoms with Gasteiger partial charge in [0.25, 0.3) is 0 Å². The lowest BCUT2D eigenvalue weighted by molar-refractivity contribution is -0.137. The molecule has 1 aromatic carbocycles. The van der Waals surface area contributed by atoms with Crippen LogP contribution in [0.3, 0.4) is 0 Å². The van der Waals surface area contributed by atoms with Gasteiger partial charge in [0.15, 0.2) is 0 Å². The van der Waals surface area contributed by atoms with Gasteiger partial charge in [0.1, 0.15) is 0 Å². The van der Waals surface area contributed by atoms with E-state index in [1.54, 1.807) is 11.0 Å². The molecule has 1 unspecified atom stereocenters. The summed E-state index contributed by atoms with van der Waals surface area (Å²) < 4.78 is 0. The Labute approximate surface area is 166 Å². The van der Waals surface area contributed by atoms with Crippen LogP contribution in [0.2, 0.25) is 5.02 Å². The summed E-state index contributed by atoms with van der Waals surface area (Å²) in [6, 6.07) is 7.31. The second kappa shape index (κ2) is 9.58. The van der Waals surface area contributed by atoms with Gasteiger partial charge in [-0.05, 0) is 50.9 Å². The Kier molecular flexibility index (Phi) is 7.74. The summed E-state index contributed by atoms with van der Waals surface area (Å²) in [4.78, 5) is 28.8. The Bertz CT molecular complexity index is 633. The van der Waals surface area contributed by atoms with Crippen molar-refractivity contribution >= 4 is 41.5 Å². The second-order valence-corrected chi connectivity index (χ2v) is 7.42. The maximum absolute atomic E-state index is 12.8. The lowest BCUT2D eigenvalue weighted by atomic mass is 9.92. The van der Waals surface area contributed by atoms with Gasteiger partial charge in [-0.15, -0.1) is 12.4 Å². The average molecular weight is 400 g/mol. The smallest absolute Gasteiger partial charge is 0.228 e. The molecule has 5 nitrogen and oxygen atoms in total. The number of nitrogens with zero attached hydrogens (tertiary/aromatic N) is 2. The van der Waals surface area contributed by atoms with Crippen LogP contribution in [-0.2, 0) is 9.59 Å². The molecule has 1 aromatic rings. The van der Waals surface area contributed by atoms with Crippen molar-refractivity contribution in [3.8, 4) is 0 Å². The van der Waals surface area contributed by atoms with Gasteiger partial charge in [0, 0.05) is 26.1 Å². The third-order valence-electron chi connectivity index (χ3n) is 5.35. The first-order valence-corrected chi connectivity index (χ1v) is 9.46. The molecule has 2 aliphatic rings. The highest BCUT2D eigenvalue weighted by Gasteiger charge is 2.38. The first kappa shape index (κ1) is 21.0. The number of carbonyl (C=O) groups excluding carboxylic acids is 2. The zero-order valence-corrected chi connectivity index (χ0v) is 16.7. The molecule has 2 amide bonds. The van der Waals surface area contributed by atoms with Gasteiger partial charge < -0.3 is 15.1 Å². The number of likely N-dealkylation sites (tertiary alicyclic amines) is 1. The van der Waals surface area contributed by atoms with Crippen molar-refractivity contribution in [2.45, 2.75) is 25.7 Å². The van der Waals surface area contributed by atoms with Gasteiger partial charge >= 0.3 is 0 Å². The monoisotopic (exact) mass is 399 g/mol. The van der Waals surface area contributed by atoms with Crippen LogP contribution < -0.4 is 10.2 Å². The number of amides is 2. The van der Waals surface area contributed by atoms with E-state index in [9.17, 15) is 9.59 Å². The molecule has 7 heteroatoms. The predicted octanol–water partition coefficient (Wildman–Crippen LogP) is 2.96. The van der Waals surface area contributed by atoms with Crippen LogP contribution in [0.15, 0.2) is 24.3 Å². The van der Waals surface area contributed by atoms with E-state index in [0.717, 1.165) is 32.5 Å². The zero-order chi connectivity index (χ0) is 17.8. The van der Waals surface area contributed by atoms with E-state index in [-0.39, 0.29) is 36.6 Å². The average Bonchev–Trinajstić information content (AvgIpc) is 3.02. The Morgan fingerprint density at radius 3 is 2.62 bits per heavy atom. The Hall–Kier alpha value is -1.30. The van der Waals surface area contributed by atoms with Crippen molar-refractivity contribution in [1.82, 2.24) is 10.2 Å².